The summed E-state index contributed by atoms with van der Waals surface area (Å²) in [5.74, 6) is -0.187. The molecule has 0 aliphatic carbocycles. The average molecular weight is 461 g/mol. The number of aromatic nitrogens is 1. The summed E-state index contributed by atoms with van der Waals surface area (Å²) < 4.78 is 20.0. The Morgan fingerprint density at radius 1 is 1.12 bits per heavy atom. The van der Waals surface area contributed by atoms with Crippen molar-refractivity contribution in [2.75, 3.05) is 13.2 Å². The summed E-state index contributed by atoms with van der Waals surface area (Å²) in [7, 11) is 0. The van der Waals surface area contributed by atoms with Crippen LogP contribution in [-0.2, 0) is 6.42 Å². The molecule has 0 bridgehead atoms. The number of H-pyrrole nitrogens is 1. The van der Waals surface area contributed by atoms with Gasteiger partial charge in [0.05, 0.1) is 24.8 Å². The summed E-state index contributed by atoms with van der Waals surface area (Å²) in [4.78, 5) is 16.5. The van der Waals surface area contributed by atoms with Crippen LogP contribution >= 0.6 is 0 Å². The third-order valence-corrected chi connectivity index (χ3v) is 5.89. The molecule has 1 atom stereocenters. The van der Waals surface area contributed by atoms with Crippen molar-refractivity contribution in [2.24, 2.45) is 0 Å². The number of nitrogens with one attached hydrogen (secondary N) is 2. The number of para-hydroxylation sites is 1. The van der Waals surface area contributed by atoms with Gasteiger partial charge < -0.3 is 20.1 Å². The molecule has 3 aromatic carbocycles. The molecule has 1 amide bonds. The maximum atomic E-state index is 14.1. The fourth-order valence-corrected chi connectivity index (χ4v) is 3.99. The number of aliphatic hydroxyl groups excluding tert-OH is 1. The van der Waals surface area contributed by atoms with Gasteiger partial charge in [0.1, 0.15) is 11.6 Å². The lowest BCUT2D eigenvalue weighted by Crippen LogP contribution is -2.39. The first-order valence-corrected chi connectivity index (χ1v) is 11.5. The summed E-state index contributed by atoms with van der Waals surface area (Å²) in [5, 5.41) is 14.0. The first kappa shape index (κ1) is 23.5. The second kappa shape index (κ2) is 10.5. The van der Waals surface area contributed by atoms with Crippen molar-refractivity contribution in [2.45, 2.75) is 32.7 Å². The van der Waals surface area contributed by atoms with Crippen molar-refractivity contribution in [3.63, 3.8) is 0 Å². The number of hydrogen-bond donors (Lipinski definition) is 3. The summed E-state index contributed by atoms with van der Waals surface area (Å²) in [6.45, 7) is 3.96. The Morgan fingerprint density at radius 2 is 1.88 bits per heavy atom. The Kier molecular flexibility index (Phi) is 7.28. The Labute approximate surface area is 198 Å². The minimum Gasteiger partial charge on any atom is -0.493 e. The number of aliphatic hydroxyl groups is 1. The molecule has 4 aromatic rings. The van der Waals surface area contributed by atoms with Crippen LogP contribution in [0.2, 0.25) is 0 Å². The van der Waals surface area contributed by atoms with Gasteiger partial charge in [-0.05, 0) is 66.3 Å². The molecule has 0 aliphatic rings. The molecule has 5 nitrogen and oxygen atoms in total. The lowest BCUT2D eigenvalue weighted by molar-refractivity contribution is 0.0912. The maximum absolute atomic E-state index is 14.1. The van der Waals surface area contributed by atoms with Gasteiger partial charge in [-0.1, -0.05) is 43.3 Å². The Morgan fingerprint density at radius 3 is 2.65 bits per heavy atom. The number of aryl methyl sites for hydroxylation is 1. The third kappa shape index (κ3) is 5.13. The lowest BCUT2D eigenvalue weighted by atomic mass is 10.00. The van der Waals surface area contributed by atoms with Gasteiger partial charge in [0, 0.05) is 17.1 Å². The molecule has 0 aliphatic heterocycles. The van der Waals surface area contributed by atoms with E-state index >= 15 is 0 Å². The quantitative estimate of drug-likeness (QED) is 0.313. The molecule has 0 spiro atoms. The molecule has 6 heteroatoms. The van der Waals surface area contributed by atoms with E-state index in [4.69, 9.17) is 4.74 Å². The lowest BCUT2D eigenvalue weighted by Gasteiger charge is -2.18. The highest BCUT2D eigenvalue weighted by Crippen LogP contribution is 2.28. The fourth-order valence-electron chi connectivity index (χ4n) is 3.99. The standard InChI is InChI=1S/C28H29FN2O3/c1-3-12-34-27-11-10-19(20-9-8-18(2)25(29)15-20)14-24(27)28(33)31-22(17-32)13-21-16-30-26-7-5-4-6-23(21)26/h4-11,14-16,22,30,32H,3,12-13,17H2,1-2H3,(H,31,33)/t22-/m0/s1. The fraction of sp³-hybridized carbons (Fsp3) is 0.250. The number of amides is 1. The Balaban J connectivity index is 1.60. The zero-order valence-corrected chi connectivity index (χ0v) is 19.4. The zero-order chi connectivity index (χ0) is 24.1. The minimum atomic E-state index is -0.480. The van der Waals surface area contributed by atoms with Crippen molar-refractivity contribution < 1.29 is 19.0 Å². The maximum Gasteiger partial charge on any atom is 0.255 e. The van der Waals surface area contributed by atoms with E-state index in [9.17, 15) is 14.3 Å². The molecule has 34 heavy (non-hydrogen) atoms. The number of rotatable bonds is 9. The topological polar surface area (TPSA) is 74.3 Å². The summed E-state index contributed by atoms with van der Waals surface area (Å²) in [6.07, 6.45) is 3.17. The van der Waals surface area contributed by atoms with Crippen LogP contribution in [-0.4, -0.2) is 35.3 Å². The van der Waals surface area contributed by atoms with E-state index in [2.05, 4.69) is 10.3 Å². The Bertz CT molecular complexity index is 1300. The number of hydrogen-bond acceptors (Lipinski definition) is 3. The van der Waals surface area contributed by atoms with Crippen molar-refractivity contribution in [1.29, 1.82) is 0 Å². The number of benzene rings is 3. The molecular formula is C28H29FN2O3. The summed E-state index contributed by atoms with van der Waals surface area (Å²) in [6, 6.07) is 17.7. The number of fused-ring (bicyclic) bond motifs is 1. The van der Waals surface area contributed by atoms with E-state index in [1.54, 1.807) is 25.1 Å². The highest BCUT2D eigenvalue weighted by molar-refractivity contribution is 5.98. The molecule has 0 saturated carbocycles. The highest BCUT2D eigenvalue weighted by atomic mass is 19.1. The minimum absolute atomic E-state index is 0.209. The number of ether oxygens (including phenoxy) is 1. The predicted molar refractivity (Wildman–Crippen MR) is 133 cm³/mol. The smallest absolute Gasteiger partial charge is 0.255 e. The summed E-state index contributed by atoms with van der Waals surface area (Å²) >= 11 is 0. The second-order valence-electron chi connectivity index (χ2n) is 8.44. The van der Waals surface area contributed by atoms with Crippen molar-refractivity contribution in [1.82, 2.24) is 10.3 Å². The van der Waals surface area contributed by atoms with E-state index in [1.807, 2.05) is 49.5 Å². The second-order valence-corrected chi connectivity index (χ2v) is 8.44. The van der Waals surface area contributed by atoms with E-state index < -0.39 is 6.04 Å². The van der Waals surface area contributed by atoms with Crippen LogP contribution in [0.25, 0.3) is 22.0 Å². The van der Waals surface area contributed by atoms with Gasteiger partial charge in [-0.25, -0.2) is 4.39 Å². The van der Waals surface area contributed by atoms with Crippen LogP contribution in [0.3, 0.4) is 0 Å². The molecule has 0 unspecified atom stereocenters. The number of aromatic amines is 1. The number of carbonyl (C=O) groups is 1. The van der Waals surface area contributed by atoms with Gasteiger partial charge in [-0.3, -0.25) is 4.79 Å². The molecule has 3 N–H and O–H groups in total. The highest BCUT2D eigenvalue weighted by Gasteiger charge is 2.20. The summed E-state index contributed by atoms with van der Waals surface area (Å²) in [5.41, 5.74) is 4.33. The third-order valence-electron chi connectivity index (χ3n) is 5.89. The van der Waals surface area contributed by atoms with Crippen molar-refractivity contribution >= 4 is 16.8 Å². The van der Waals surface area contributed by atoms with E-state index in [1.165, 1.54) is 6.07 Å². The van der Waals surface area contributed by atoms with Gasteiger partial charge >= 0.3 is 0 Å². The van der Waals surface area contributed by atoms with Crippen LogP contribution < -0.4 is 10.1 Å². The molecule has 0 saturated heterocycles. The Hall–Kier alpha value is -3.64. The zero-order valence-electron chi connectivity index (χ0n) is 19.4. The van der Waals surface area contributed by atoms with E-state index in [-0.39, 0.29) is 18.3 Å². The predicted octanol–water partition coefficient (Wildman–Crippen LogP) is 5.40. The van der Waals surface area contributed by atoms with Gasteiger partial charge in [-0.2, -0.15) is 0 Å². The van der Waals surface area contributed by atoms with Crippen molar-refractivity contribution in [3.05, 3.63) is 89.4 Å². The van der Waals surface area contributed by atoms with E-state index in [0.29, 0.717) is 41.0 Å². The largest absolute Gasteiger partial charge is 0.493 e. The van der Waals surface area contributed by atoms with Gasteiger partial charge in [0.15, 0.2) is 0 Å². The van der Waals surface area contributed by atoms with Crippen LogP contribution in [0.1, 0.15) is 34.8 Å². The van der Waals surface area contributed by atoms with Crippen LogP contribution in [0.15, 0.2) is 66.9 Å². The molecule has 0 fully saturated rings. The van der Waals surface area contributed by atoms with Gasteiger partial charge in [0.25, 0.3) is 5.91 Å². The van der Waals surface area contributed by atoms with Crippen LogP contribution in [0, 0.1) is 12.7 Å². The van der Waals surface area contributed by atoms with Crippen LogP contribution in [0.5, 0.6) is 5.75 Å². The van der Waals surface area contributed by atoms with E-state index in [0.717, 1.165) is 22.9 Å². The first-order valence-electron chi connectivity index (χ1n) is 11.5. The molecule has 1 heterocycles. The van der Waals surface area contributed by atoms with Crippen molar-refractivity contribution in [3.8, 4) is 16.9 Å². The average Bonchev–Trinajstić information content (AvgIpc) is 3.26. The van der Waals surface area contributed by atoms with Gasteiger partial charge in [-0.15, -0.1) is 0 Å². The molecular weight excluding hydrogens is 431 g/mol. The normalized spacial score (nSPS) is 12.0. The SMILES string of the molecule is CCCOc1ccc(-c2ccc(C)c(F)c2)cc1C(=O)N[C@H](CO)Cc1c[nH]c2ccccc12. The van der Waals surface area contributed by atoms with Crippen LogP contribution in [0.4, 0.5) is 4.39 Å². The van der Waals surface area contributed by atoms with Gasteiger partial charge in [0.2, 0.25) is 0 Å². The number of carbonyl (C=O) groups excluding carboxylic acids is 1. The molecule has 0 radical (unpaired) electrons. The molecule has 4 rings (SSSR count). The number of halogens is 1. The first-order chi connectivity index (χ1) is 16.5. The monoisotopic (exact) mass is 460 g/mol. The molecule has 176 valence electrons. The molecule has 1 aromatic heterocycles.